The van der Waals surface area contributed by atoms with Gasteiger partial charge in [0.15, 0.2) is 0 Å². The van der Waals surface area contributed by atoms with Gasteiger partial charge in [0, 0.05) is 42.9 Å². The molecule has 3 atom stereocenters. The fourth-order valence-electron chi connectivity index (χ4n) is 5.84. The number of unbranched alkanes of at least 4 members (excludes halogenated alkanes) is 1. The molecule has 18 heteroatoms. The number of carbonyl (C=O) groups excluding carboxylic acids is 3. The van der Waals surface area contributed by atoms with Crippen molar-refractivity contribution < 1.29 is 66.5 Å². The zero-order chi connectivity index (χ0) is 41.8. The van der Waals surface area contributed by atoms with Gasteiger partial charge in [-0.05, 0) is 26.2 Å². The second kappa shape index (κ2) is 36.0. The van der Waals surface area contributed by atoms with Crippen molar-refractivity contribution in [3.05, 3.63) is 0 Å². The monoisotopic (exact) mass is 853 g/mol. The number of nitrogens with one attached hydrogen (secondary N) is 3. The number of Topliss-reactive ketones (excluding diaryl/α,β-unsaturated/α-hetero) is 1. The van der Waals surface area contributed by atoms with Crippen LogP contribution in [0.4, 0.5) is 4.79 Å². The van der Waals surface area contributed by atoms with Crippen LogP contribution in [0.1, 0.15) is 59.3 Å². The number of ether oxygens (including phenoxy) is 11. The van der Waals surface area contributed by atoms with Crippen LogP contribution in [0.25, 0.3) is 0 Å². The summed E-state index contributed by atoms with van der Waals surface area (Å²) in [7, 11) is 0. The smallest absolute Gasteiger partial charge is 0.315 e. The first-order valence-corrected chi connectivity index (χ1v) is 22.2. The molecule has 0 spiro atoms. The number of hydrogen-bond donors (Lipinski definition) is 3. The molecule has 2 saturated heterocycles. The number of thioether (sulfide) groups is 1. The van der Waals surface area contributed by atoms with Crippen molar-refractivity contribution in [2.45, 2.75) is 76.1 Å². The van der Waals surface area contributed by atoms with Crippen LogP contribution >= 0.6 is 11.8 Å². The molecule has 2 aliphatic rings. The Kier molecular flexibility index (Phi) is 32.6. The molecule has 3 amide bonds. The Hall–Kier alpha value is -1.68. The first kappa shape index (κ1) is 52.5. The van der Waals surface area contributed by atoms with Crippen LogP contribution in [0, 0.1) is 5.92 Å². The van der Waals surface area contributed by atoms with Crippen LogP contribution in [-0.4, -0.2) is 192 Å². The highest BCUT2D eigenvalue weighted by atomic mass is 32.2. The summed E-state index contributed by atoms with van der Waals surface area (Å²) in [6.07, 6.45) is 4.80. The Bertz CT molecular complexity index is 1040. The van der Waals surface area contributed by atoms with E-state index in [-0.39, 0.29) is 35.2 Å². The highest BCUT2D eigenvalue weighted by Gasteiger charge is 2.51. The van der Waals surface area contributed by atoms with Gasteiger partial charge in [0.1, 0.15) is 5.78 Å². The number of rotatable bonds is 43. The van der Waals surface area contributed by atoms with Crippen LogP contribution in [0.2, 0.25) is 0 Å². The Labute approximate surface area is 350 Å². The Balaban J connectivity index is 1.15. The Morgan fingerprint density at radius 3 is 1.40 bits per heavy atom. The summed E-state index contributed by atoms with van der Waals surface area (Å²) in [4.78, 5) is 35.3. The first-order chi connectivity index (χ1) is 28.3. The van der Waals surface area contributed by atoms with Crippen molar-refractivity contribution in [1.29, 1.82) is 0 Å². The van der Waals surface area contributed by atoms with Gasteiger partial charge in [-0.1, -0.05) is 20.3 Å². The predicted octanol–water partition coefficient (Wildman–Crippen LogP) is 2.41. The van der Waals surface area contributed by atoms with Gasteiger partial charge in [0.05, 0.1) is 150 Å². The van der Waals surface area contributed by atoms with Crippen molar-refractivity contribution in [3.63, 3.8) is 0 Å². The van der Waals surface area contributed by atoms with Gasteiger partial charge in [0.25, 0.3) is 0 Å². The van der Waals surface area contributed by atoms with Crippen LogP contribution in [-0.2, 0) is 61.7 Å². The number of hydrogen-bond acceptors (Lipinski definition) is 15. The van der Waals surface area contributed by atoms with Crippen molar-refractivity contribution in [3.8, 4) is 0 Å². The fourth-order valence-corrected chi connectivity index (χ4v) is 7.55. The Morgan fingerprint density at radius 1 is 0.603 bits per heavy atom. The number of ketones is 1. The summed E-state index contributed by atoms with van der Waals surface area (Å²) in [6, 6.07) is 0.118. The van der Waals surface area contributed by atoms with E-state index in [1.807, 2.05) is 25.6 Å². The zero-order valence-electron chi connectivity index (χ0n) is 35.6. The second-order valence-electron chi connectivity index (χ2n) is 14.4. The molecule has 0 saturated carbocycles. The molecular formula is C40H75N3O14S. The topological polar surface area (TPSA) is 189 Å². The van der Waals surface area contributed by atoms with Crippen LogP contribution < -0.4 is 16.0 Å². The summed E-state index contributed by atoms with van der Waals surface area (Å²) in [5.41, 5.74) is -0.143. The number of carbonyl (C=O) groups is 3. The predicted molar refractivity (Wildman–Crippen MR) is 220 cm³/mol. The first-order valence-electron chi connectivity index (χ1n) is 21.2. The van der Waals surface area contributed by atoms with E-state index >= 15 is 0 Å². The van der Waals surface area contributed by atoms with Gasteiger partial charge in [-0.15, -0.1) is 0 Å². The van der Waals surface area contributed by atoms with E-state index in [4.69, 9.17) is 52.1 Å². The maximum Gasteiger partial charge on any atom is 0.315 e. The van der Waals surface area contributed by atoms with Crippen molar-refractivity contribution in [2.24, 2.45) is 5.92 Å². The summed E-state index contributed by atoms with van der Waals surface area (Å²) in [5.74, 6) is 1.23. The molecule has 0 bridgehead atoms. The van der Waals surface area contributed by atoms with Crippen LogP contribution in [0.15, 0.2) is 0 Å². The second-order valence-corrected chi connectivity index (χ2v) is 15.6. The molecule has 2 fully saturated rings. The van der Waals surface area contributed by atoms with Gasteiger partial charge >= 0.3 is 6.03 Å². The number of amides is 3. The lowest BCUT2D eigenvalue weighted by Gasteiger charge is -2.23. The van der Waals surface area contributed by atoms with Gasteiger partial charge in [-0.25, -0.2) is 4.79 Å². The van der Waals surface area contributed by atoms with Gasteiger partial charge in [-0.3, -0.25) is 9.59 Å². The third-order valence-electron chi connectivity index (χ3n) is 9.07. The molecule has 0 unspecified atom stereocenters. The van der Waals surface area contributed by atoms with Gasteiger partial charge in [-0.2, -0.15) is 11.8 Å². The molecule has 0 aromatic rings. The van der Waals surface area contributed by atoms with Crippen molar-refractivity contribution >= 4 is 29.5 Å². The van der Waals surface area contributed by atoms with Gasteiger partial charge < -0.3 is 68.1 Å². The van der Waals surface area contributed by atoms with E-state index in [2.05, 4.69) is 22.9 Å². The molecule has 17 nitrogen and oxygen atoms in total. The van der Waals surface area contributed by atoms with Crippen molar-refractivity contribution in [2.75, 3.05) is 158 Å². The highest BCUT2D eigenvalue weighted by molar-refractivity contribution is 8.00. The summed E-state index contributed by atoms with van der Waals surface area (Å²) < 4.78 is 60.4. The molecule has 0 aromatic heterocycles. The maximum absolute atomic E-state index is 12.2. The minimum Gasteiger partial charge on any atom is -0.379 e. The van der Waals surface area contributed by atoms with E-state index in [0.717, 1.165) is 31.4 Å². The van der Waals surface area contributed by atoms with Crippen LogP contribution in [0.5, 0.6) is 0 Å². The summed E-state index contributed by atoms with van der Waals surface area (Å²) in [6.45, 7) is 17.1. The average Bonchev–Trinajstić information content (AvgIpc) is 3.67. The third-order valence-corrected chi connectivity index (χ3v) is 10.8. The molecule has 3 N–H and O–H groups in total. The fraction of sp³-hybridized carbons (Fsp3) is 0.925. The molecule has 2 rings (SSSR count). The quantitative estimate of drug-likeness (QED) is 0.0599. The molecule has 0 aliphatic carbocycles. The SMILES string of the molecule is CC(C)C(=O)NCCOCCOCCOCCOCCOCCOCCOCCOCCOCCOCCOCCCC(=O)CCCC[C@@H]1SC[C@]2(C)NC(=O)N[C@H]12. The van der Waals surface area contributed by atoms with E-state index in [9.17, 15) is 14.4 Å². The molecule has 0 aromatic carbocycles. The van der Waals surface area contributed by atoms with E-state index < -0.39 is 0 Å². The third kappa shape index (κ3) is 28.0. The normalized spacial score (nSPS) is 18.8. The van der Waals surface area contributed by atoms with E-state index in [1.54, 1.807) is 0 Å². The largest absolute Gasteiger partial charge is 0.379 e. The minimum absolute atomic E-state index is 0.0193. The lowest BCUT2D eigenvalue weighted by atomic mass is 9.92. The summed E-state index contributed by atoms with van der Waals surface area (Å²) >= 11 is 1.91. The maximum atomic E-state index is 12.2. The summed E-state index contributed by atoms with van der Waals surface area (Å²) in [5, 5.41) is 9.31. The lowest BCUT2D eigenvalue weighted by Crippen LogP contribution is -2.47. The standard InChI is InChI=1S/C40H75N3O14S/c1-34(2)38(45)41-10-12-48-14-16-50-18-20-52-22-24-54-26-28-56-30-32-57-31-29-55-27-25-53-23-21-51-19-17-49-15-13-47-11-6-8-35(44)7-4-5-9-36-37-40(3,33-58-36)43-39(46)42-37/h34,36-37H,4-33H2,1-3H3,(H,41,45)(H2,42,43,46)/t36-,37+,40-/m0/s1. The van der Waals surface area contributed by atoms with Crippen LogP contribution in [0.3, 0.4) is 0 Å². The molecule has 2 aliphatic heterocycles. The van der Waals surface area contributed by atoms with E-state index in [0.29, 0.717) is 170 Å². The van der Waals surface area contributed by atoms with Crippen molar-refractivity contribution in [1.82, 2.24) is 16.0 Å². The molecular weight excluding hydrogens is 779 g/mol. The molecule has 58 heavy (non-hydrogen) atoms. The molecule has 340 valence electrons. The number of urea groups is 1. The minimum atomic E-state index is -0.143. The Morgan fingerprint density at radius 2 is 0.983 bits per heavy atom. The molecule has 0 radical (unpaired) electrons. The average molecular weight is 854 g/mol. The lowest BCUT2D eigenvalue weighted by molar-refractivity contribution is -0.124. The zero-order valence-corrected chi connectivity index (χ0v) is 36.4. The van der Waals surface area contributed by atoms with Gasteiger partial charge in [0.2, 0.25) is 5.91 Å². The number of fused-ring (bicyclic) bond motifs is 1. The molecule has 2 heterocycles. The van der Waals surface area contributed by atoms with E-state index in [1.165, 1.54) is 0 Å². The highest BCUT2D eigenvalue weighted by Crippen LogP contribution is 2.39.